The first-order valence-corrected chi connectivity index (χ1v) is 10.6. The molecule has 0 fully saturated rings. The van der Waals surface area contributed by atoms with E-state index >= 15 is 0 Å². The first-order chi connectivity index (χ1) is 12.6. The molecule has 0 aromatic heterocycles. The number of halogens is 1. The largest absolute Gasteiger partial charge is 0.297 e. The van der Waals surface area contributed by atoms with E-state index < -0.39 is 12.7 Å². The lowest BCUT2D eigenvalue weighted by molar-refractivity contribution is 0.562. The normalized spacial score (nSPS) is 13.7. The average Bonchev–Trinajstić information content (AvgIpc) is 2.73. The van der Waals surface area contributed by atoms with E-state index in [0.717, 1.165) is 16.2 Å². The van der Waals surface area contributed by atoms with Crippen LogP contribution in [-0.2, 0) is 4.57 Å². The van der Waals surface area contributed by atoms with Crippen molar-refractivity contribution in [2.75, 3.05) is 0 Å². The van der Waals surface area contributed by atoms with Crippen LogP contribution in [0.3, 0.4) is 0 Å². The van der Waals surface area contributed by atoms with Gasteiger partial charge in [0.25, 0.3) is 0 Å². The van der Waals surface area contributed by atoms with E-state index in [9.17, 15) is 4.57 Å². The average molecular weight is 382 g/mol. The molecule has 26 heavy (non-hydrogen) atoms. The van der Waals surface area contributed by atoms with Crippen molar-refractivity contribution in [1.29, 1.82) is 0 Å². The summed E-state index contributed by atoms with van der Waals surface area (Å²) in [5.41, 5.74) is 0.972. The number of rotatable bonds is 7. The fraction of sp³-hybridized carbons (Fsp3) is 0.0909. The summed E-state index contributed by atoms with van der Waals surface area (Å²) in [6.45, 7) is 3.82. The molecule has 2 unspecified atom stereocenters. The van der Waals surface area contributed by atoms with Gasteiger partial charge in [0, 0.05) is 10.6 Å². The van der Waals surface area contributed by atoms with Crippen LogP contribution in [0.1, 0.15) is 11.6 Å². The zero-order valence-electron chi connectivity index (χ0n) is 14.3. The maximum Gasteiger partial charge on any atom is 0.205 e. The van der Waals surface area contributed by atoms with Gasteiger partial charge in [-0.05, 0) is 29.8 Å². The second-order valence-corrected chi connectivity index (χ2v) is 8.99. The standard InChI is InChI=1S/C22H21ClNOP/c1-2-21(23)22(18-12-6-3-7-13-18)24-26(25,19-14-8-4-9-15-19)20-16-10-5-11-17-20/h2-17,21-22H,1H2,(H,24,25). The molecule has 0 amide bonds. The molecule has 132 valence electrons. The Morgan fingerprint density at radius 2 is 1.23 bits per heavy atom. The lowest BCUT2D eigenvalue weighted by atomic mass is 10.0. The molecule has 0 saturated carbocycles. The van der Waals surface area contributed by atoms with E-state index in [1.165, 1.54) is 0 Å². The molecule has 3 aromatic carbocycles. The number of benzene rings is 3. The second-order valence-electron chi connectivity index (χ2n) is 5.98. The van der Waals surface area contributed by atoms with E-state index in [2.05, 4.69) is 11.7 Å². The zero-order chi connectivity index (χ0) is 18.4. The fourth-order valence-electron chi connectivity index (χ4n) is 2.90. The molecule has 3 aromatic rings. The van der Waals surface area contributed by atoms with E-state index in [0.29, 0.717) is 0 Å². The second kappa shape index (κ2) is 8.51. The molecule has 0 heterocycles. The molecule has 0 spiro atoms. The van der Waals surface area contributed by atoms with Gasteiger partial charge in [-0.25, -0.2) is 0 Å². The first-order valence-electron chi connectivity index (χ1n) is 8.46. The summed E-state index contributed by atoms with van der Waals surface area (Å²) in [5, 5.41) is 4.48. The van der Waals surface area contributed by atoms with E-state index in [1.807, 2.05) is 91.0 Å². The van der Waals surface area contributed by atoms with Crippen LogP contribution >= 0.6 is 18.9 Å². The van der Waals surface area contributed by atoms with Gasteiger partial charge in [-0.15, -0.1) is 18.2 Å². The third-order valence-corrected chi connectivity index (χ3v) is 7.39. The molecule has 3 rings (SSSR count). The Kier molecular flexibility index (Phi) is 6.11. The highest BCUT2D eigenvalue weighted by atomic mass is 35.5. The van der Waals surface area contributed by atoms with Gasteiger partial charge in [0.15, 0.2) is 0 Å². The van der Waals surface area contributed by atoms with Gasteiger partial charge in [0.05, 0.1) is 11.4 Å². The Labute approximate surface area is 160 Å². The van der Waals surface area contributed by atoms with Crippen LogP contribution in [0.2, 0.25) is 0 Å². The van der Waals surface area contributed by atoms with Gasteiger partial charge in [-0.3, -0.25) is 9.65 Å². The van der Waals surface area contributed by atoms with Crippen LogP contribution in [-0.4, -0.2) is 5.38 Å². The summed E-state index contributed by atoms with van der Waals surface area (Å²) in [4.78, 5) is 0. The maximum atomic E-state index is 14.2. The molecule has 4 heteroatoms. The number of alkyl halides is 1. The Bertz CT molecular complexity index is 840. The van der Waals surface area contributed by atoms with Crippen LogP contribution in [0.5, 0.6) is 0 Å². The lowest BCUT2D eigenvalue weighted by Gasteiger charge is -2.29. The predicted molar refractivity (Wildman–Crippen MR) is 112 cm³/mol. The van der Waals surface area contributed by atoms with Crippen LogP contribution in [0.25, 0.3) is 0 Å². The van der Waals surface area contributed by atoms with Crippen LogP contribution in [0, 0.1) is 0 Å². The highest BCUT2D eigenvalue weighted by Crippen LogP contribution is 2.43. The molecule has 2 nitrogen and oxygen atoms in total. The summed E-state index contributed by atoms with van der Waals surface area (Å²) >= 11 is 6.55. The van der Waals surface area contributed by atoms with Gasteiger partial charge in [0.1, 0.15) is 0 Å². The maximum absolute atomic E-state index is 14.2. The summed E-state index contributed by atoms with van der Waals surface area (Å²) in [7, 11) is -3.09. The molecule has 0 aliphatic heterocycles. The van der Waals surface area contributed by atoms with E-state index in [1.54, 1.807) is 6.08 Å². The molecular formula is C22H21ClNOP. The highest BCUT2D eigenvalue weighted by Gasteiger charge is 2.32. The van der Waals surface area contributed by atoms with E-state index in [4.69, 9.17) is 11.6 Å². The molecule has 0 aliphatic carbocycles. The number of nitrogens with one attached hydrogen (secondary N) is 1. The monoisotopic (exact) mass is 381 g/mol. The van der Waals surface area contributed by atoms with Gasteiger partial charge in [-0.1, -0.05) is 72.8 Å². The van der Waals surface area contributed by atoms with Crippen molar-refractivity contribution in [1.82, 2.24) is 5.09 Å². The highest BCUT2D eigenvalue weighted by molar-refractivity contribution is 7.76. The fourth-order valence-corrected chi connectivity index (χ4v) is 5.67. The zero-order valence-corrected chi connectivity index (χ0v) is 16.0. The number of hydrogen-bond acceptors (Lipinski definition) is 1. The molecule has 2 atom stereocenters. The summed E-state index contributed by atoms with van der Waals surface area (Å²) in [5.74, 6) is 0. The first kappa shape index (κ1) is 18.7. The minimum atomic E-state index is -3.09. The molecule has 1 N–H and O–H groups in total. The minimum absolute atomic E-state index is 0.332. The minimum Gasteiger partial charge on any atom is -0.297 e. The van der Waals surface area contributed by atoms with E-state index in [-0.39, 0.29) is 6.04 Å². The molecule has 0 bridgehead atoms. The van der Waals surface area contributed by atoms with Crippen molar-refractivity contribution in [3.8, 4) is 0 Å². The van der Waals surface area contributed by atoms with Crippen molar-refractivity contribution in [3.05, 3.63) is 109 Å². The Morgan fingerprint density at radius 3 is 1.65 bits per heavy atom. The van der Waals surface area contributed by atoms with Crippen molar-refractivity contribution in [2.24, 2.45) is 0 Å². The van der Waals surface area contributed by atoms with Gasteiger partial charge >= 0.3 is 0 Å². The van der Waals surface area contributed by atoms with Crippen LogP contribution in [0.15, 0.2) is 104 Å². The van der Waals surface area contributed by atoms with Gasteiger partial charge in [-0.2, -0.15) is 0 Å². The topological polar surface area (TPSA) is 29.1 Å². The quantitative estimate of drug-likeness (QED) is 0.353. The third kappa shape index (κ3) is 3.99. The Balaban J connectivity index is 2.10. The summed E-state index contributed by atoms with van der Waals surface area (Å²) in [6, 6.07) is 28.5. The van der Waals surface area contributed by atoms with Crippen molar-refractivity contribution < 1.29 is 4.57 Å². The Hall–Kier alpha value is -2.12. The Morgan fingerprint density at radius 1 is 0.808 bits per heavy atom. The van der Waals surface area contributed by atoms with Crippen molar-refractivity contribution in [2.45, 2.75) is 11.4 Å². The summed E-state index contributed by atoms with van der Waals surface area (Å²) < 4.78 is 14.2. The van der Waals surface area contributed by atoms with Gasteiger partial charge < -0.3 is 0 Å². The predicted octanol–water partition coefficient (Wildman–Crippen LogP) is 5.04. The van der Waals surface area contributed by atoms with Crippen molar-refractivity contribution >= 4 is 29.5 Å². The van der Waals surface area contributed by atoms with Crippen LogP contribution < -0.4 is 15.7 Å². The smallest absolute Gasteiger partial charge is 0.205 e. The molecule has 0 radical (unpaired) electrons. The number of hydrogen-bond donors (Lipinski definition) is 1. The van der Waals surface area contributed by atoms with Crippen LogP contribution in [0.4, 0.5) is 0 Å². The molecule has 0 aliphatic rings. The third-order valence-electron chi connectivity index (χ3n) is 4.26. The SMILES string of the molecule is C=CC(Cl)C(NP(=O)(c1ccccc1)c1ccccc1)c1ccccc1. The van der Waals surface area contributed by atoms with Crippen molar-refractivity contribution in [3.63, 3.8) is 0 Å². The molecular weight excluding hydrogens is 361 g/mol. The van der Waals surface area contributed by atoms with Gasteiger partial charge in [0.2, 0.25) is 7.29 Å². The lowest BCUT2D eigenvalue weighted by Crippen LogP contribution is -2.34. The summed E-state index contributed by atoms with van der Waals surface area (Å²) in [6.07, 6.45) is 1.67. The molecule has 0 saturated heterocycles.